The lowest BCUT2D eigenvalue weighted by Crippen LogP contribution is -2.01. The van der Waals surface area contributed by atoms with Gasteiger partial charge in [0.05, 0.1) is 5.69 Å². The molecule has 0 spiro atoms. The van der Waals surface area contributed by atoms with Gasteiger partial charge in [-0.1, -0.05) is 18.5 Å². The highest BCUT2D eigenvalue weighted by Gasteiger charge is 2.09. The van der Waals surface area contributed by atoms with Gasteiger partial charge in [0.1, 0.15) is 5.75 Å². The normalized spacial score (nSPS) is 10.6. The Hall–Kier alpha value is -1.48. The van der Waals surface area contributed by atoms with Crippen molar-refractivity contribution in [2.75, 3.05) is 0 Å². The van der Waals surface area contributed by atoms with Gasteiger partial charge in [-0.05, 0) is 30.7 Å². The summed E-state index contributed by atoms with van der Waals surface area (Å²) in [7, 11) is 0. The molecule has 0 amide bonds. The Kier molecular flexibility index (Phi) is 3.15. The van der Waals surface area contributed by atoms with Gasteiger partial charge in [-0.3, -0.25) is 4.68 Å². The maximum Gasteiger partial charge on any atom is 0.125 e. The summed E-state index contributed by atoms with van der Waals surface area (Å²) in [4.78, 5) is 0. The Morgan fingerprint density at radius 3 is 2.94 bits per heavy atom. The molecule has 0 radical (unpaired) electrons. The van der Waals surface area contributed by atoms with Crippen LogP contribution in [-0.2, 0) is 6.54 Å². The van der Waals surface area contributed by atoms with E-state index in [-0.39, 0.29) is 5.75 Å². The Labute approximate surface area is 99.3 Å². The minimum Gasteiger partial charge on any atom is -0.507 e. The first-order chi connectivity index (χ1) is 7.72. The van der Waals surface area contributed by atoms with E-state index in [1.165, 1.54) is 0 Å². The van der Waals surface area contributed by atoms with Crippen molar-refractivity contribution < 1.29 is 5.11 Å². The molecule has 1 aromatic carbocycles. The van der Waals surface area contributed by atoms with E-state index >= 15 is 0 Å². The van der Waals surface area contributed by atoms with E-state index < -0.39 is 0 Å². The zero-order valence-corrected chi connectivity index (χ0v) is 9.78. The molecule has 0 atom stereocenters. The van der Waals surface area contributed by atoms with E-state index in [4.69, 9.17) is 11.6 Å². The zero-order valence-electron chi connectivity index (χ0n) is 9.02. The second-order valence-electron chi connectivity index (χ2n) is 3.60. The molecule has 1 aromatic heterocycles. The molecule has 84 valence electrons. The molecule has 1 N–H and O–H groups in total. The maximum atomic E-state index is 9.80. The third kappa shape index (κ3) is 2.04. The number of aryl methyl sites for hydroxylation is 1. The fraction of sp³-hybridized carbons (Fsp3) is 0.250. The minimum absolute atomic E-state index is 0.224. The number of hydrogen-bond donors (Lipinski definition) is 1. The third-order valence-electron chi connectivity index (χ3n) is 2.39. The van der Waals surface area contributed by atoms with E-state index in [0.29, 0.717) is 5.02 Å². The van der Waals surface area contributed by atoms with Gasteiger partial charge < -0.3 is 5.11 Å². The number of halogens is 1. The van der Waals surface area contributed by atoms with Crippen LogP contribution in [0.1, 0.15) is 13.3 Å². The molecule has 2 aromatic rings. The van der Waals surface area contributed by atoms with E-state index in [2.05, 4.69) is 12.0 Å². The lowest BCUT2D eigenvalue weighted by atomic mass is 10.1. The smallest absolute Gasteiger partial charge is 0.125 e. The number of nitrogens with zero attached hydrogens (tertiary/aromatic N) is 2. The van der Waals surface area contributed by atoms with Crippen LogP contribution >= 0.6 is 11.6 Å². The Morgan fingerprint density at radius 1 is 1.38 bits per heavy atom. The van der Waals surface area contributed by atoms with Crippen molar-refractivity contribution >= 4 is 11.6 Å². The summed E-state index contributed by atoms with van der Waals surface area (Å²) in [6.45, 7) is 2.91. The Bertz CT molecular complexity index is 494. The summed E-state index contributed by atoms with van der Waals surface area (Å²) in [6.07, 6.45) is 2.72. The second-order valence-corrected chi connectivity index (χ2v) is 4.04. The van der Waals surface area contributed by atoms with Crippen LogP contribution in [0.2, 0.25) is 5.02 Å². The monoisotopic (exact) mass is 236 g/mol. The number of rotatable bonds is 3. The number of benzene rings is 1. The highest BCUT2D eigenvalue weighted by atomic mass is 35.5. The number of aromatic nitrogens is 2. The van der Waals surface area contributed by atoms with Crippen molar-refractivity contribution in [2.45, 2.75) is 19.9 Å². The van der Waals surface area contributed by atoms with Crippen molar-refractivity contribution in [1.29, 1.82) is 0 Å². The molecule has 0 saturated heterocycles. The van der Waals surface area contributed by atoms with Crippen LogP contribution in [0.4, 0.5) is 0 Å². The van der Waals surface area contributed by atoms with Crippen molar-refractivity contribution in [2.24, 2.45) is 0 Å². The average molecular weight is 237 g/mol. The SMILES string of the molecule is CCCn1nccc1-c1cc(Cl)ccc1O. The van der Waals surface area contributed by atoms with Crippen molar-refractivity contribution in [1.82, 2.24) is 9.78 Å². The van der Waals surface area contributed by atoms with Gasteiger partial charge in [-0.25, -0.2) is 0 Å². The van der Waals surface area contributed by atoms with E-state index in [0.717, 1.165) is 24.2 Å². The molecule has 0 aliphatic rings. The number of hydrogen-bond acceptors (Lipinski definition) is 2. The van der Waals surface area contributed by atoms with Crippen molar-refractivity contribution in [3.63, 3.8) is 0 Å². The molecule has 0 bridgehead atoms. The summed E-state index contributed by atoms with van der Waals surface area (Å²) >= 11 is 5.92. The van der Waals surface area contributed by atoms with E-state index in [1.54, 1.807) is 24.4 Å². The van der Waals surface area contributed by atoms with Gasteiger partial charge in [0.2, 0.25) is 0 Å². The van der Waals surface area contributed by atoms with Gasteiger partial charge in [0.25, 0.3) is 0 Å². The minimum atomic E-state index is 0.224. The molecule has 0 aliphatic heterocycles. The van der Waals surface area contributed by atoms with Gasteiger partial charge in [0.15, 0.2) is 0 Å². The highest BCUT2D eigenvalue weighted by Crippen LogP contribution is 2.31. The summed E-state index contributed by atoms with van der Waals surface area (Å²) in [5.74, 6) is 0.224. The largest absolute Gasteiger partial charge is 0.507 e. The van der Waals surface area contributed by atoms with Crippen LogP contribution < -0.4 is 0 Å². The zero-order chi connectivity index (χ0) is 11.5. The van der Waals surface area contributed by atoms with Crippen LogP contribution in [-0.4, -0.2) is 14.9 Å². The van der Waals surface area contributed by atoms with Crippen LogP contribution in [0.25, 0.3) is 11.3 Å². The Morgan fingerprint density at radius 2 is 2.19 bits per heavy atom. The van der Waals surface area contributed by atoms with E-state index in [9.17, 15) is 5.11 Å². The number of phenolic OH excluding ortho intramolecular Hbond substituents is 1. The maximum absolute atomic E-state index is 9.80. The first-order valence-corrected chi connectivity index (χ1v) is 5.61. The quantitative estimate of drug-likeness (QED) is 0.888. The molecule has 1 heterocycles. The molecule has 0 saturated carbocycles. The predicted octanol–water partition coefficient (Wildman–Crippen LogP) is 3.32. The third-order valence-corrected chi connectivity index (χ3v) is 2.62. The topological polar surface area (TPSA) is 38.0 Å². The van der Waals surface area contributed by atoms with Gasteiger partial charge in [-0.15, -0.1) is 0 Å². The lowest BCUT2D eigenvalue weighted by molar-refractivity contribution is 0.476. The van der Waals surface area contributed by atoms with Gasteiger partial charge in [-0.2, -0.15) is 5.10 Å². The fourth-order valence-electron chi connectivity index (χ4n) is 1.66. The second kappa shape index (κ2) is 4.58. The summed E-state index contributed by atoms with van der Waals surface area (Å²) < 4.78 is 1.87. The predicted molar refractivity (Wildman–Crippen MR) is 64.6 cm³/mol. The number of aromatic hydroxyl groups is 1. The molecular weight excluding hydrogens is 224 g/mol. The average Bonchev–Trinajstić information content (AvgIpc) is 2.70. The van der Waals surface area contributed by atoms with Crippen molar-refractivity contribution in [3.8, 4) is 17.0 Å². The fourth-order valence-corrected chi connectivity index (χ4v) is 1.84. The molecule has 0 unspecified atom stereocenters. The number of phenols is 1. The van der Waals surface area contributed by atoms with Crippen LogP contribution in [0.3, 0.4) is 0 Å². The Balaban J connectivity index is 2.49. The summed E-state index contributed by atoms with van der Waals surface area (Å²) in [6, 6.07) is 6.89. The van der Waals surface area contributed by atoms with Crippen molar-refractivity contribution in [3.05, 3.63) is 35.5 Å². The molecular formula is C12H13ClN2O. The first kappa shape index (κ1) is 11.0. The van der Waals surface area contributed by atoms with Crippen LogP contribution in [0, 0.1) is 0 Å². The summed E-state index contributed by atoms with van der Waals surface area (Å²) in [5, 5.41) is 14.6. The molecule has 16 heavy (non-hydrogen) atoms. The molecule has 3 nitrogen and oxygen atoms in total. The molecule has 0 fully saturated rings. The van der Waals surface area contributed by atoms with Crippen LogP contribution in [0.15, 0.2) is 30.5 Å². The van der Waals surface area contributed by atoms with Gasteiger partial charge >= 0.3 is 0 Å². The molecule has 0 aliphatic carbocycles. The summed E-state index contributed by atoms with van der Waals surface area (Å²) in [5.41, 5.74) is 1.61. The van der Waals surface area contributed by atoms with Crippen LogP contribution in [0.5, 0.6) is 5.75 Å². The molecule has 2 rings (SSSR count). The molecule has 4 heteroatoms. The van der Waals surface area contributed by atoms with Gasteiger partial charge in [0, 0.05) is 23.3 Å². The first-order valence-electron chi connectivity index (χ1n) is 5.23. The standard InChI is InChI=1S/C12H13ClN2O/c1-2-7-15-11(5-6-14-15)10-8-9(13)3-4-12(10)16/h3-6,8,16H,2,7H2,1H3. The van der Waals surface area contributed by atoms with E-state index in [1.807, 2.05) is 10.7 Å². The lowest BCUT2D eigenvalue weighted by Gasteiger charge is -2.08. The highest BCUT2D eigenvalue weighted by molar-refractivity contribution is 6.30.